The van der Waals surface area contributed by atoms with Crippen molar-refractivity contribution in [1.29, 1.82) is 0 Å². The average Bonchev–Trinajstić information content (AvgIpc) is 2.41. The maximum absolute atomic E-state index is 13.6. The monoisotopic (exact) mass is 398 g/mol. The van der Waals surface area contributed by atoms with Crippen LogP contribution in [0.2, 0.25) is 0 Å². The van der Waals surface area contributed by atoms with Gasteiger partial charge in [0.05, 0.1) is 9.30 Å². The summed E-state index contributed by atoms with van der Waals surface area (Å²) in [4.78, 5) is 0.0122. The quantitative estimate of drug-likeness (QED) is 0.531. The van der Waals surface area contributed by atoms with Gasteiger partial charge in [-0.05, 0) is 57.1 Å². The van der Waals surface area contributed by atoms with Crippen LogP contribution in [0.3, 0.4) is 0 Å². The zero-order valence-corrected chi connectivity index (χ0v) is 14.7. The van der Waals surface area contributed by atoms with Gasteiger partial charge >= 0.3 is 0 Å². The van der Waals surface area contributed by atoms with Gasteiger partial charge in [0.2, 0.25) is 0 Å². The van der Waals surface area contributed by atoms with E-state index in [4.69, 9.17) is 0 Å². The lowest BCUT2D eigenvalue weighted by Gasteiger charge is -2.13. The number of hydrogen-bond donors (Lipinski definition) is 0. The molecule has 0 aliphatic rings. The van der Waals surface area contributed by atoms with Crippen molar-refractivity contribution in [3.8, 4) is 0 Å². The molecule has 0 aromatic heterocycles. The SMILES string of the molecule is CC(C)Cc1ccc(C(Br)c2ccc(Br)c(F)c2)cc1. The van der Waals surface area contributed by atoms with Gasteiger partial charge in [0.25, 0.3) is 0 Å². The Morgan fingerprint density at radius 2 is 1.60 bits per heavy atom. The minimum atomic E-state index is -0.233. The van der Waals surface area contributed by atoms with Crippen LogP contribution in [-0.2, 0) is 6.42 Å². The third-order valence-corrected chi connectivity index (χ3v) is 4.85. The summed E-state index contributed by atoms with van der Waals surface area (Å²) in [6.45, 7) is 4.43. The predicted octanol–water partition coefficient (Wildman–Crippen LogP) is 6.27. The summed E-state index contributed by atoms with van der Waals surface area (Å²) >= 11 is 6.82. The van der Waals surface area contributed by atoms with E-state index in [1.54, 1.807) is 12.1 Å². The van der Waals surface area contributed by atoms with Crippen LogP contribution in [0, 0.1) is 11.7 Å². The molecule has 0 radical (unpaired) electrons. The van der Waals surface area contributed by atoms with Crippen molar-refractivity contribution in [1.82, 2.24) is 0 Å². The van der Waals surface area contributed by atoms with E-state index >= 15 is 0 Å². The van der Waals surface area contributed by atoms with Gasteiger partial charge in [0.15, 0.2) is 0 Å². The van der Waals surface area contributed by atoms with Crippen molar-refractivity contribution in [2.75, 3.05) is 0 Å². The van der Waals surface area contributed by atoms with Crippen molar-refractivity contribution < 1.29 is 4.39 Å². The lowest BCUT2D eigenvalue weighted by atomic mass is 9.99. The van der Waals surface area contributed by atoms with Crippen molar-refractivity contribution in [2.24, 2.45) is 5.92 Å². The molecule has 2 aromatic carbocycles. The zero-order chi connectivity index (χ0) is 14.7. The van der Waals surface area contributed by atoms with Crippen molar-refractivity contribution >= 4 is 31.9 Å². The minimum absolute atomic E-state index is 0.0122. The second kappa shape index (κ2) is 6.86. The van der Waals surface area contributed by atoms with Gasteiger partial charge in [0, 0.05) is 0 Å². The summed E-state index contributed by atoms with van der Waals surface area (Å²) < 4.78 is 14.1. The molecule has 2 aromatic rings. The van der Waals surface area contributed by atoms with Crippen LogP contribution in [0.25, 0.3) is 0 Å². The third kappa shape index (κ3) is 3.92. The molecule has 20 heavy (non-hydrogen) atoms. The largest absolute Gasteiger partial charge is 0.206 e. The smallest absolute Gasteiger partial charge is 0.137 e. The number of benzene rings is 2. The molecule has 0 heterocycles. The molecule has 1 atom stereocenters. The first kappa shape index (κ1) is 15.7. The molecule has 0 spiro atoms. The Bertz CT molecular complexity index is 576. The summed E-state index contributed by atoms with van der Waals surface area (Å²) in [6.07, 6.45) is 1.08. The van der Waals surface area contributed by atoms with E-state index in [0.717, 1.165) is 17.5 Å². The number of alkyl halides is 1. The van der Waals surface area contributed by atoms with Crippen LogP contribution in [0.4, 0.5) is 4.39 Å². The second-order valence-electron chi connectivity index (χ2n) is 5.38. The van der Waals surface area contributed by atoms with E-state index in [0.29, 0.717) is 10.4 Å². The van der Waals surface area contributed by atoms with Gasteiger partial charge in [0.1, 0.15) is 5.82 Å². The Morgan fingerprint density at radius 1 is 1.00 bits per heavy atom. The van der Waals surface area contributed by atoms with Crippen molar-refractivity contribution in [2.45, 2.75) is 25.1 Å². The highest BCUT2D eigenvalue weighted by Gasteiger charge is 2.12. The highest BCUT2D eigenvalue weighted by Crippen LogP contribution is 2.32. The molecular weight excluding hydrogens is 383 g/mol. The second-order valence-corrected chi connectivity index (χ2v) is 7.15. The first-order chi connectivity index (χ1) is 9.47. The molecule has 2 rings (SSSR count). The van der Waals surface area contributed by atoms with E-state index < -0.39 is 0 Å². The van der Waals surface area contributed by atoms with E-state index in [1.807, 2.05) is 6.07 Å². The molecule has 0 bridgehead atoms. The fraction of sp³-hybridized carbons (Fsp3) is 0.294. The summed E-state index contributed by atoms with van der Waals surface area (Å²) in [7, 11) is 0. The van der Waals surface area contributed by atoms with Crippen molar-refractivity contribution in [3.05, 3.63) is 69.4 Å². The van der Waals surface area contributed by atoms with Crippen LogP contribution in [0.5, 0.6) is 0 Å². The van der Waals surface area contributed by atoms with Gasteiger partial charge in [-0.1, -0.05) is 60.1 Å². The molecule has 0 fully saturated rings. The summed E-state index contributed by atoms with van der Waals surface area (Å²) in [6, 6.07) is 13.7. The lowest BCUT2D eigenvalue weighted by Crippen LogP contribution is -1.97. The third-order valence-electron chi connectivity index (χ3n) is 3.15. The Morgan fingerprint density at radius 3 is 2.15 bits per heavy atom. The van der Waals surface area contributed by atoms with Gasteiger partial charge in [-0.25, -0.2) is 4.39 Å². The maximum atomic E-state index is 13.6. The van der Waals surface area contributed by atoms with E-state index in [2.05, 4.69) is 70.0 Å². The van der Waals surface area contributed by atoms with Gasteiger partial charge in [-0.3, -0.25) is 0 Å². The molecule has 0 aliphatic carbocycles. The fourth-order valence-corrected chi connectivity index (χ4v) is 2.99. The highest BCUT2D eigenvalue weighted by molar-refractivity contribution is 9.10. The Labute approximate surface area is 136 Å². The van der Waals surface area contributed by atoms with Gasteiger partial charge in [-0.15, -0.1) is 0 Å². The standard InChI is InChI=1S/C17H17Br2F/c1-11(2)9-12-3-5-13(6-4-12)17(19)14-7-8-15(18)16(20)10-14/h3-8,10-11,17H,9H2,1-2H3. The van der Waals surface area contributed by atoms with Crippen LogP contribution in [-0.4, -0.2) is 0 Å². The predicted molar refractivity (Wildman–Crippen MR) is 89.9 cm³/mol. The maximum Gasteiger partial charge on any atom is 0.137 e. The van der Waals surface area contributed by atoms with Crippen LogP contribution >= 0.6 is 31.9 Å². The van der Waals surface area contributed by atoms with Crippen LogP contribution in [0.15, 0.2) is 46.9 Å². The fourth-order valence-electron chi connectivity index (χ4n) is 2.16. The normalized spacial score (nSPS) is 12.7. The van der Waals surface area contributed by atoms with E-state index in [1.165, 1.54) is 5.56 Å². The molecule has 0 saturated heterocycles. The molecule has 0 aliphatic heterocycles. The number of hydrogen-bond acceptors (Lipinski definition) is 0. The Balaban J connectivity index is 2.20. The van der Waals surface area contributed by atoms with Crippen molar-refractivity contribution in [3.63, 3.8) is 0 Å². The zero-order valence-electron chi connectivity index (χ0n) is 11.5. The van der Waals surface area contributed by atoms with Crippen LogP contribution in [0.1, 0.15) is 35.4 Å². The molecule has 0 saturated carbocycles. The number of halogens is 3. The average molecular weight is 400 g/mol. The topological polar surface area (TPSA) is 0 Å². The van der Waals surface area contributed by atoms with Gasteiger partial charge in [-0.2, -0.15) is 0 Å². The lowest BCUT2D eigenvalue weighted by molar-refractivity contribution is 0.619. The highest BCUT2D eigenvalue weighted by atomic mass is 79.9. The minimum Gasteiger partial charge on any atom is -0.206 e. The summed E-state index contributed by atoms with van der Waals surface area (Å²) in [5, 5.41) is 0. The molecular formula is C17H17Br2F. The molecule has 0 nitrogen and oxygen atoms in total. The van der Waals surface area contributed by atoms with E-state index in [-0.39, 0.29) is 10.6 Å². The molecule has 106 valence electrons. The first-order valence-corrected chi connectivity index (χ1v) is 8.36. The molecule has 1 unspecified atom stereocenters. The Hall–Kier alpha value is -0.670. The van der Waals surface area contributed by atoms with Crippen LogP contribution < -0.4 is 0 Å². The molecule has 0 N–H and O–H groups in total. The molecule has 3 heteroatoms. The summed E-state index contributed by atoms with van der Waals surface area (Å²) in [5.41, 5.74) is 3.40. The Kier molecular flexibility index (Phi) is 5.39. The number of rotatable bonds is 4. The van der Waals surface area contributed by atoms with E-state index in [9.17, 15) is 4.39 Å². The first-order valence-electron chi connectivity index (χ1n) is 6.65. The van der Waals surface area contributed by atoms with Gasteiger partial charge < -0.3 is 0 Å². The molecule has 0 amide bonds. The summed E-state index contributed by atoms with van der Waals surface area (Å²) in [5.74, 6) is 0.421.